The average Bonchev–Trinajstić information content (AvgIpc) is 3.12. The average molecular weight is 431 g/mol. The van der Waals surface area contributed by atoms with Crippen LogP contribution in [-0.4, -0.2) is 59.9 Å². The Balaban J connectivity index is 1.38. The van der Waals surface area contributed by atoms with Gasteiger partial charge in [0.25, 0.3) is 0 Å². The maximum Gasteiger partial charge on any atom is 0.175 e. The van der Waals surface area contributed by atoms with Crippen molar-refractivity contribution in [3.63, 3.8) is 0 Å². The van der Waals surface area contributed by atoms with Crippen molar-refractivity contribution in [3.05, 3.63) is 12.2 Å². The third-order valence-corrected chi connectivity index (χ3v) is 10.9. The predicted molar refractivity (Wildman–Crippen MR) is 109 cm³/mol. The van der Waals surface area contributed by atoms with Crippen LogP contribution in [0, 0.1) is 28.6 Å². The highest BCUT2D eigenvalue weighted by Crippen LogP contribution is 2.83. The molecule has 0 amide bonds. The van der Waals surface area contributed by atoms with E-state index in [-0.39, 0.29) is 52.2 Å². The van der Waals surface area contributed by atoms with Crippen molar-refractivity contribution in [3.8, 4) is 0 Å². The third kappa shape index (κ3) is 1.64. The number of hydrogen-bond acceptors (Lipinski definition) is 6. The fourth-order valence-corrected chi connectivity index (χ4v) is 10.2. The summed E-state index contributed by atoms with van der Waals surface area (Å²) >= 11 is 0. The van der Waals surface area contributed by atoms with E-state index in [1.165, 1.54) is 0 Å². The van der Waals surface area contributed by atoms with E-state index in [4.69, 9.17) is 28.4 Å². The minimum absolute atomic E-state index is 0.00613. The van der Waals surface area contributed by atoms with Crippen molar-refractivity contribution in [1.29, 1.82) is 0 Å². The summed E-state index contributed by atoms with van der Waals surface area (Å²) in [6, 6.07) is 0. The summed E-state index contributed by atoms with van der Waals surface area (Å²) in [6.07, 6.45) is 6.68. The van der Waals surface area contributed by atoms with E-state index in [0.717, 1.165) is 12.8 Å². The van der Waals surface area contributed by atoms with Gasteiger partial charge in [0.05, 0.1) is 36.9 Å². The lowest BCUT2D eigenvalue weighted by Crippen LogP contribution is -2.61. The molecule has 3 spiro atoms. The second-order valence-electron chi connectivity index (χ2n) is 12.9. The van der Waals surface area contributed by atoms with Gasteiger partial charge in [0.1, 0.15) is 17.3 Å². The van der Waals surface area contributed by atoms with Gasteiger partial charge >= 0.3 is 0 Å². The van der Waals surface area contributed by atoms with E-state index in [1.54, 1.807) is 0 Å². The first-order valence-corrected chi connectivity index (χ1v) is 12.2. The molecule has 4 heterocycles. The number of fused-ring (bicyclic) bond motifs is 5. The topological polar surface area (TPSA) is 58.7 Å². The molecule has 3 saturated carbocycles. The van der Waals surface area contributed by atoms with Crippen LogP contribution in [0.15, 0.2) is 12.2 Å². The molecular formula is C25H34O6. The molecule has 31 heavy (non-hydrogen) atoms. The van der Waals surface area contributed by atoms with Crippen LogP contribution in [0.25, 0.3) is 0 Å². The molecule has 0 radical (unpaired) electrons. The summed E-state index contributed by atoms with van der Waals surface area (Å²) < 4.78 is 40.3. The quantitative estimate of drug-likeness (QED) is 0.435. The molecule has 8 rings (SSSR count). The Kier molecular flexibility index (Phi) is 2.85. The highest BCUT2D eigenvalue weighted by atomic mass is 16.8. The summed E-state index contributed by atoms with van der Waals surface area (Å²) in [4.78, 5) is 0. The lowest BCUT2D eigenvalue weighted by molar-refractivity contribution is -0.241. The summed E-state index contributed by atoms with van der Waals surface area (Å²) in [5.74, 6) is -0.584. The van der Waals surface area contributed by atoms with Gasteiger partial charge in [-0.2, -0.15) is 0 Å². The van der Waals surface area contributed by atoms with Crippen LogP contribution in [-0.2, 0) is 28.4 Å². The van der Waals surface area contributed by atoms with Crippen molar-refractivity contribution >= 4 is 0 Å². The Hall–Kier alpha value is -0.500. The van der Waals surface area contributed by atoms with E-state index >= 15 is 0 Å². The van der Waals surface area contributed by atoms with Crippen molar-refractivity contribution in [2.24, 2.45) is 28.6 Å². The highest BCUT2D eigenvalue weighted by molar-refractivity contribution is 5.42. The molecule has 2 bridgehead atoms. The van der Waals surface area contributed by atoms with Gasteiger partial charge in [0.15, 0.2) is 11.6 Å². The van der Waals surface area contributed by atoms with Gasteiger partial charge in [-0.25, -0.2) is 0 Å². The molecule has 4 aliphatic heterocycles. The van der Waals surface area contributed by atoms with Gasteiger partial charge < -0.3 is 28.4 Å². The van der Waals surface area contributed by atoms with Gasteiger partial charge in [-0.15, -0.1) is 0 Å². The molecule has 0 aromatic rings. The number of ether oxygens (including phenoxy) is 6. The molecular weight excluding hydrogens is 396 g/mol. The molecule has 4 aliphatic carbocycles. The van der Waals surface area contributed by atoms with E-state index in [0.29, 0.717) is 19.1 Å². The van der Waals surface area contributed by atoms with Crippen molar-refractivity contribution in [2.45, 2.75) is 101 Å². The van der Waals surface area contributed by atoms with Gasteiger partial charge in [-0.05, 0) is 34.1 Å². The third-order valence-electron chi connectivity index (χ3n) is 10.9. The highest BCUT2D eigenvalue weighted by Gasteiger charge is 2.93. The fourth-order valence-electron chi connectivity index (χ4n) is 10.2. The van der Waals surface area contributed by atoms with Gasteiger partial charge in [-0.1, -0.05) is 26.0 Å². The fraction of sp³-hybridized carbons (Fsp3) is 0.920. The Labute approximate surface area is 183 Å². The predicted octanol–water partition coefficient (Wildman–Crippen LogP) is 3.19. The summed E-state index contributed by atoms with van der Waals surface area (Å²) in [6.45, 7) is 14.7. The standard InChI is InChI=1S/C25H34O6/c1-19(2)8-7-13-21(5)14-11-24(26-9-10-27-24)18-22(6)16(29-22)17(30-21)23(14,18)12-15-25(13,19)31-20(3,4)28-15/h7-8,13-18H,9-12H2,1-6H3/t13-,14-,15+,16-,17-,18+,21+,22-,23-,25-/m0/s1. The molecule has 7 fully saturated rings. The molecule has 6 heteroatoms. The van der Waals surface area contributed by atoms with E-state index in [9.17, 15) is 0 Å². The maximum absolute atomic E-state index is 7.18. The Morgan fingerprint density at radius 2 is 1.52 bits per heavy atom. The molecule has 4 saturated heterocycles. The zero-order valence-corrected chi connectivity index (χ0v) is 19.4. The van der Waals surface area contributed by atoms with Crippen molar-refractivity contribution < 1.29 is 28.4 Å². The van der Waals surface area contributed by atoms with Crippen LogP contribution in [0.4, 0.5) is 0 Å². The molecule has 0 aromatic carbocycles. The molecule has 10 atom stereocenters. The SMILES string of the molecule is CC1(C)O[C@@H]2C[C@]34[C@@H]5C6(C[C@H]3[C@](C)(O[C@H]4[C@@H]3O[C@]53C)[C@@H]3C=CC(C)(C)[C@@]23O1)OCCO6. The van der Waals surface area contributed by atoms with Crippen molar-refractivity contribution in [2.75, 3.05) is 13.2 Å². The second kappa shape index (κ2) is 4.69. The molecule has 6 nitrogen and oxygen atoms in total. The van der Waals surface area contributed by atoms with Crippen LogP contribution in [0.5, 0.6) is 0 Å². The first kappa shape index (κ1) is 18.9. The lowest BCUT2D eigenvalue weighted by Gasteiger charge is -2.50. The molecule has 0 unspecified atom stereocenters. The summed E-state index contributed by atoms with van der Waals surface area (Å²) in [7, 11) is 0. The van der Waals surface area contributed by atoms with Crippen LogP contribution in [0.2, 0.25) is 0 Å². The summed E-state index contributed by atoms with van der Waals surface area (Å²) in [5.41, 5.74) is -1.26. The first-order chi connectivity index (χ1) is 14.5. The van der Waals surface area contributed by atoms with E-state index in [1.807, 2.05) is 0 Å². The van der Waals surface area contributed by atoms with Crippen LogP contribution in [0.3, 0.4) is 0 Å². The van der Waals surface area contributed by atoms with E-state index in [2.05, 4.69) is 53.7 Å². The minimum atomic E-state index is -0.621. The zero-order chi connectivity index (χ0) is 21.4. The van der Waals surface area contributed by atoms with Gasteiger partial charge in [0, 0.05) is 29.1 Å². The largest absolute Gasteiger partial charge is 0.368 e. The first-order valence-electron chi connectivity index (χ1n) is 12.2. The normalized spacial score (nSPS) is 64.3. The van der Waals surface area contributed by atoms with Gasteiger partial charge in [-0.3, -0.25) is 0 Å². The number of hydrogen-bond donors (Lipinski definition) is 0. The molecule has 0 aromatic heterocycles. The molecule has 8 aliphatic rings. The maximum atomic E-state index is 7.18. The van der Waals surface area contributed by atoms with Crippen LogP contribution in [0.1, 0.15) is 54.4 Å². The second-order valence-corrected chi connectivity index (χ2v) is 12.9. The molecule has 170 valence electrons. The Morgan fingerprint density at radius 3 is 2.26 bits per heavy atom. The zero-order valence-electron chi connectivity index (χ0n) is 19.4. The Morgan fingerprint density at radius 1 is 0.806 bits per heavy atom. The number of epoxide rings is 1. The van der Waals surface area contributed by atoms with Gasteiger partial charge in [0.2, 0.25) is 0 Å². The summed E-state index contributed by atoms with van der Waals surface area (Å²) in [5, 5.41) is 0. The Bertz CT molecular complexity index is 936. The van der Waals surface area contributed by atoms with Crippen LogP contribution >= 0.6 is 0 Å². The smallest absolute Gasteiger partial charge is 0.175 e. The van der Waals surface area contributed by atoms with Crippen LogP contribution < -0.4 is 0 Å². The number of rotatable bonds is 0. The van der Waals surface area contributed by atoms with E-state index < -0.39 is 17.2 Å². The monoisotopic (exact) mass is 430 g/mol. The van der Waals surface area contributed by atoms with Crippen molar-refractivity contribution in [1.82, 2.24) is 0 Å². The minimum Gasteiger partial charge on any atom is -0.368 e. The lowest BCUT2D eigenvalue weighted by atomic mass is 9.64. The molecule has 0 N–H and O–H groups in total.